The molecular weight excluding hydrogens is 434 g/mol. The number of amides is 2. The first-order valence-corrected chi connectivity index (χ1v) is 11.8. The molecule has 0 aliphatic carbocycles. The van der Waals surface area contributed by atoms with Gasteiger partial charge in [-0.15, -0.1) is 0 Å². The van der Waals surface area contributed by atoms with E-state index < -0.39 is 6.10 Å². The first-order chi connectivity index (χ1) is 16.5. The molecule has 2 aliphatic rings. The summed E-state index contributed by atoms with van der Waals surface area (Å²) in [6.07, 6.45) is 1.41. The molecule has 8 heteroatoms. The summed E-state index contributed by atoms with van der Waals surface area (Å²) in [7, 11) is 3.18. The van der Waals surface area contributed by atoms with Gasteiger partial charge in [0.1, 0.15) is 11.5 Å². The lowest BCUT2D eigenvalue weighted by molar-refractivity contribution is -0.126. The maximum absolute atomic E-state index is 13.0. The largest absolute Gasteiger partial charge is 0.497 e. The molecule has 2 aromatic rings. The molecule has 34 heavy (non-hydrogen) atoms. The number of aliphatic hydroxyl groups excluding tert-OH is 1. The van der Waals surface area contributed by atoms with E-state index in [9.17, 15) is 14.7 Å². The third-order valence-corrected chi connectivity index (χ3v) is 6.78. The van der Waals surface area contributed by atoms with Gasteiger partial charge in [-0.05, 0) is 49.1 Å². The number of ether oxygens (including phenoxy) is 2. The van der Waals surface area contributed by atoms with E-state index in [1.54, 1.807) is 26.4 Å². The molecule has 2 fully saturated rings. The fraction of sp³-hybridized carbons (Fsp3) is 0.462. The molecule has 2 saturated heterocycles. The van der Waals surface area contributed by atoms with Crippen molar-refractivity contribution in [2.45, 2.75) is 44.0 Å². The molecule has 182 valence electrons. The Kier molecular flexibility index (Phi) is 7.70. The number of β-amino-alcohol motifs (C(OH)–C–C–N with tert-alkyl or cyclic N) is 1. The summed E-state index contributed by atoms with van der Waals surface area (Å²) in [6, 6.07) is 14.6. The summed E-state index contributed by atoms with van der Waals surface area (Å²) in [5.74, 6) is 1.21. The van der Waals surface area contributed by atoms with Crippen molar-refractivity contribution in [2.24, 2.45) is 0 Å². The number of nitrogens with zero attached hydrogens (tertiary/aromatic N) is 2. The Labute approximate surface area is 200 Å². The number of hydrogen-bond donors (Lipinski definition) is 2. The van der Waals surface area contributed by atoms with Crippen molar-refractivity contribution >= 4 is 11.8 Å². The van der Waals surface area contributed by atoms with Crippen molar-refractivity contribution in [3.8, 4) is 11.5 Å². The van der Waals surface area contributed by atoms with Gasteiger partial charge in [0.25, 0.3) is 5.91 Å². The summed E-state index contributed by atoms with van der Waals surface area (Å²) in [4.78, 5) is 30.0. The summed E-state index contributed by atoms with van der Waals surface area (Å²) >= 11 is 0. The number of carbonyl (C=O) groups is 2. The maximum Gasteiger partial charge on any atom is 0.257 e. The van der Waals surface area contributed by atoms with Crippen LogP contribution in [0.25, 0.3) is 0 Å². The average molecular weight is 468 g/mol. The van der Waals surface area contributed by atoms with Crippen LogP contribution < -0.4 is 14.8 Å². The number of nitrogens with one attached hydrogen (secondary N) is 1. The highest BCUT2D eigenvalue weighted by Crippen LogP contribution is 2.28. The molecule has 2 aromatic carbocycles. The zero-order valence-electron chi connectivity index (χ0n) is 19.8. The highest BCUT2D eigenvalue weighted by atomic mass is 16.5. The van der Waals surface area contributed by atoms with Gasteiger partial charge in [-0.25, -0.2) is 0 Å². The van der Waals surface area contributed by atoms with Gasteiger partial charge in [-0.1, -0.05) is 24.3 Å². The number of methoxy groups -OCH3 is 2. The monoisotopic (exact) mass is 467 g/mol. The van der Waals surface area contributed by atoms with Crippen molar-refractivity contribution in [3.63, 3.8) is 0 Å². The minimum absolute atomic E-state index is 0.0371. The second kappa shape index (κ2) is 10.9. The lowest BCUT2D eigenvalue weighted by Crippen LogP contribution is -2.52. The van der Waals surface area contributed by atoms with Crippen LogP contribution in [0.4, 0.5) is 0 Å². The van der Waals surface area contributed by atoms with E-state index in [0.29, 0.717) is 43.9 Å². The molecule has 0 saturated carbocycles. The van der Waals surface area contributed by atoms with E-state index >= 15 is 0 Å². The Morgan fingerprint density at radius 3 is 2.56 bits per heavy atom. The van der Waals surface area contributed by atoms with Crippen LogP contribution in [-0.2, 0) is 11.3 Å². The van der Waals surface area contributed by atoms with E-state index in [2.05, 4.69) is 10.2 Å². The molecule has 2 amide bonds. The summed E-state index contributed by atoms with van der Waals surface area (Å²) in [5, 5.41) is 13.4. The zero-order valence-corrected chi connectivity index (χ0v) is 19.8. The molecule has 2 aliphatic heterocycles. The van der Waals surface area contributed by atoms with E-state index in [1.165, 1.54) is 0 Å². The van der Waals surface area contributed by atoms with Crippen LogP contribution in [0.1, 0.15) is 35.2 Å². The van der Waals surface area contributed by atoms with Gasteiger partial charge in [0, 0.05) is 32.2 Å². The van der Waals surface area contributed by atoms with Crippen LogP contribution in [0.5, 0.6) is 11.5 Å². The van der Waals surface area contributed by atoms with Crippen LogP contribution in [0.15, 0.2) is 48.5 Å². The second-order valence-electron chi connectivity index (χ2n) is 8.90. The van der Waals surface area contributed by atoms with E-state index in [1.807, 2.05) is 41.3 Å². The van der Waals surface area contributed by atoms with Crippen molar-refractivity contribution < 1.29 is 24.2 Å². The smallest absolute Gasteiger partial charge is 0.257 e. The summed E-state index contributed by atoms with van der Waals surface area (Å²) in [5.41, 5.74) is 1.52. The van der Waals surface area contributed by atoms with Crippen molar-refractivity contribution in [1.29, 1.82) is 0 Å². The van der Waals surface area contributed by atoms with Gasteiger partial charge in [-0.3, -0.25) is 14.5 Å². The molecule has 2 N–H and O–H groups in total. The minimum atomic E-state index is -0.527. The Morgan fingerprint density at radius 2 is 1.82 bits per heavy atom. The van der Waals surface area contributed by atoms with Crippen LogP contribution >= 0.6 is 0 Å². The lowest BCUT2D eigenvalue weighted by atomic mass is 10.0. The average Bonchev–Trinajstić information content (AvgIpc) is 3.28. The molecule has 2 heterocycles. The van der Waals surface area contributed by atoms with E-state index in [4.69, 9.17) is 9.47 Å². The number of para-hydroxylation sites is 1. The number of rotatable bonds is 7. The van der Waals surface area contributed by atoms with Crippen LogP contribution in [-0.4, -0.2) is 78.8 Å². The number of aliphatic hydroxyl groups is 1. The normalized spacial score (nSPS) is 21.3. The summed E-state index contributed by atoms with van der Waals surface area (Å²) in [6.45, 7) is 2.09. The van der Waals surface area contributed by atoms with E-state index in [0.717, 1.165) is 24.2 Å². The first kappa shape index (κ1) is 24.0. The molecule has 8 nitrogen and oxygen atoms in total. The third-order valence-electron chi connectivity index (χ3n) is 6.78. The van der Waals surface area contributed by atoms with Crippen molar-refractivity contribution in [1.82, 2.24) is 15.1 Å². The topological polar surface area (TPSA) is 91.3 Å². The predicted octanol–water partition coefficient (Wildman–Crippen LogP) is 2.06. The van der Waals surface area contributed by atoms with Crippen molar-refractivity contribution in [2.75, 3.05) is 33.9 Å². The first-order valence-electron chi connectivity index (χ1n) is 11.8. The summed E-state index contributed by atoms with van der Waals surface area (Å²) < 4.78 is 10.6. The van der Waals surface area contributed by atoms with Gasteiger partial charge >= 0.3 is 0 Å². The fourth-order valence-electron chi connectivity index (χ4n) is 4.98. The fourth-order valence-corrected chi connectivity index (χ4v) is 4.98. The van der Waals surface area contributed by atoms with Gasteiger partial charge in [0.05, 0.1) is 31.9 Å². The SMILES string of the molecule is COc1cccc(CNC(=O)C2CC(O)CN2C2CCN(C(=O)c3ccccc3OC)CC2)c1. The molecule has 0 bridgehead atoms. The lowest BCUT2D eigenvalue weighted by Gasteiger charge is -2.39. The Bertz CT molecular complexity index is 1010. The minimum Gasteiger partial charge on any atom is -0.497 e. The number of hydrogen-bond acceptors (Lipinski definition) is 6. The van der Waals surface area contributed by atoms with Crippen molar-refractivity contribution in [3.05, 3.63) is 59.7 Å². The molecule has 2 atom stereocenters. The number of benzene rings is 2. The highest BCUT2D eigenvalue weighted by molar-refractivity contribution is 5.97. The van der Waals surface area contributed by atoms with Gasteiger partial charge in [0.15, 0.2) is 0 Å². The van der Waals surface area contributed by atoms with Crippen LogP contribution in [0.3, 0.4) is 0 Å². The third kappa shape index (κ3) is 5.34. The number of carbonyl (C=O) groups excluding carboxylic acids is 2. The van der Waals surface area contributed by atoms with Gasteiger partial charge in [0.2, 0.25) is 5.91 Å². The van der Waals surface area contributed by atoms with Crippen LogP contribution in [0, 0.1) is 0 Å². The number of likely N-dealkylation sites (tertiary alicyclic amines) is 2. The molecule has 0 radical (unpaired) electrons. The zero-order chi connectivity index (χ0) is 24.1. The van der Waals surface area contributed by atoms with Gasteiger partial charge in [-0.2, -0.15) is 0 Å². The maximum atomic E-state index is 13.0. The second-order valence-corrected chi connectivity index (χ2v) is 8.90. The number of piperidine rings is 1. The van der Waals surface area contributed by atoms with Crippen LogP contribution in [0.2, 0.25) is 0 Å². The highest BCUT2D eigenvalue weighted by Gasteiger charge is 2.41. The van der Waals surface area contributed by atoms with Gasteiger partial charge < -0.3 is 24.8 Å². The Hall–Kier alpha value is -3.10. The predicted molar refractivity (Wildman–Crippen MR) is 128 cm³/mol. The molecule has 0 spiro atoms. The molecule has 0 aromatic heterocycles. The Morgan fingerprint density at radius 1 is 1.06 bits per heavy atom. The Balaban J connectivity index is 1.35. The molecule has 4 rings (SSSR count). The molecular formula is C26H33N3O5. The van der Waals surface area contributed by atoms with E-state index in [-0.39, 0.29) is 23.9 Å². The standard InChI is InChI=1S/C26H33N3O5/c1-33-21-7-5-6-18(14-21)16-27-25(31)23-15-20(30)17-29(23)19-10-12-28(13-11-19)26(32)22-8-3-4-9-24(22)34-2/h3-9,14,19-20,23,30H,10-13,15-17H2,1-2H3,(H,27,31). The quantitative estimate of drug-likeness (QED) is 0.648. The molecule has 2 unspecified atom stereocenters.